The van der Waals surface area contributed by atoms with Gasteiger partial charge < -0.3 is 4.90 Å². The van der Waals surface area contributed by atoms with Crippen molar-refractivity contribution in [3.05, 3.63) is 97.6 Å². The molecule has 0 spiro atoms. The first kappa shape index (κ1) is 20.2. The van der Waals surface area contributed by atoms with E-state index in [4.69, 9.17) is 4.99 Å². The molecule has 6 nitrogen and oxygen atoms in total. The lowest BCUT2D eigenvalue weighted by Crippen LogP contribution is -2.33. The molecule has 1 heterocycles. The highest BCUT2D eigenvalue weighted by Crippen LogP contribution is 2.40. The van der Waals surface area contributed by atoms with Gasteiger partial charge in [0.1, 0.15) is 0 Å². The molecule has 1 amide bonds. The minimum atomic E-state index is -0.423. The van der Waals surface area contributed by atoms with E-state index in [1.54, 1.807) is 17.0 Å². The van der Waals surface area contributed by atoms with Crippen molar-refractivity contribution in [1.29, 1.82) is 0 Å². The van der Waals surface area contributed by atoms with Crippen LogP contribution >= 0.6 is 22.6 Å². The third kappa shape index (κ3) is 3.97. The van der Waals surface area contributed by atoms with Gasteiger partial charge in [-0.1, -0.05) is 36.4 Å². The Morgan fingerprint density at radius 3 is 2.37 bits per heavy atom. The van der Waals surface area contributed by atoms with E-state index in [1.807, 2.05) is 48.5 Å². The number of nitrogens with zero attached hydrogens (tertiary/aromatic N) is 3. The van der Waals surface area contributed by atoms with Crippen LogP contribution in [0.15, 0.2) is 77.8 Å². The molecular formula is C23H18IN3O3. The van der Waals surface area contributed by atoms with Crippen LogP contribution in [0.5, 0.6) is 0 Å². The molecule has 30 heavy (non-hydrogen) atoms. The molecule has 0 N–H and O–H groups in total. The standard InChI is InChI=1S/C23H18IN3O3/c1-15(28)26-22-5-3-2-4-20(22)25-21(16-6-10-18(24)11-7-16)14-23(26)17-8-12-19(13-9-17)27(29)30/h2-13,23H,14H2,1H3. The molecule has 0 aromatic heterocycles. The Hall–Kier alpha value is -3.07. The number of aliphatic imine (C=N–C) groups is 1. The molecule has 150 valence electrons. The number of fused-ring (bicyclic) bond motifs is 1. The van der Waals surface area contributed by atoms with Crippen LogP contribution in [0.25, 0.3) is 0 Å². The van der Waals surface area contributed by atoms with Crippen molar-refractivity contribution in [3.8, 4) is 0 Å². The zero-order valence-corrected chi connectivity index (χ0v) is 18.3. The Morgan fingerprint density at radius 2 is 1.73 bits per heavy atom. The van der Waals surface area contributed by atoms with E-state index >= 15 is 0 Å². The van der Waals surface area contributed by atoms with Gasteiger partial charge in [0, 0.05) is 29.0 Å². The monoisotopic (exact) mass is 511 g/mol. The van der Waals surface area contributed by atoms with Crippen molar-refractivity contribution in [1.82, 2.24) is 0 Å². The summed E-state index contributed by atoms with van der Waals surface area (Å²) in [5, 5.41) is 11.1. The van der Waals surface area contributed by atoms with Gasteiger partial charge in [0.15, 0.2) is 0 Å². The summed E-state index contributed by atoms with van der Waals surface area (Å²) in [6.07, 6.45) is 0.493. The molecule has 0 bridgehead atoms. The zero-order chi connectivity index (χ0) is 21.3. The van der Waals surface area contributed by atoms with Gasteiger partial charge in [0.25, 0.3) is 5.69 Å². The number of nitro groups is 1. The number of para-hydroxylation sites is 2. The normalized spacial score (nSPS) is 15.7. The van der Waals surface area contributed by atoms with Gasteiger partial charge in [-0.15, -0.1) is 0 Å². The van der Waals surface area contributed by atoms with Crippen molar-refractivity contribution in [2.45, 2.75) is 19.4 Å². The van der Waals surface area contributed by atoms with E-state index in [2.05, 4.69) is 22.6 Å². The topological polar surface area (TPSA) is 75.8 Å². The number of non-ortho nitro benzene ring substituents is 1. The zero-order valence-electron chi connectivity index (χ0n) is 16.2. The number of benzene rings is 3. The molecule has 3 aromatic rings. The third-order valence-corrected chi connectivity index (χ3v) is 5.82. The van der Waals surface area contributed by atoms with E-state index in [0.717, 1.165) is 31.8 Å². The summed E-state index contributed by atoms with van der Waals surface area (Å²) in [6, 6.07) is 21.7. The molecule has 0 saturated heterocycles. The second-order valence-electron chi connectivity index (χ2n) is 7.01. The number of amides is 1. The number of rotatable bonds is 3. The highest BCUT2D eigenvalue weighted by molar-refractivity contribution is 14.1. The Kier molecular flexibility index (Phi) is 5.63. The predicted octanol–water partition coefficient (Wildman–Crippen LogP) is 5.82. The Bertz CT molecular complexity index is 1140. The van der Waals surface area contributed by atoms with Crippen molar-refractivity contribution < 1.29 is 9.72 Å². The average molecular weight is 511 g/mol. The number of anilines is 1. The van der Waals surface area contributed by atoms with Crippen LogP contribution in [0.4, 0.5) is 17.1 Å². The molecule has 1 aliphatic rings. The molecular weight excluding hydrogens is 493 g/mol. The average Bonchev–Trinajstić information content (AvgIpc) is 2.91. The van der Waals surface area contributed by atoms with Gasteiger partial charge in [-0.2, -0.15) is 0 Å². The summed E-state index contributed by atoms with van der Waals surface area (Å²) in [7, 11) is 0. The van der Waals surface area contributed by atoms with E-state index in [9.17, 15) is 14.9 Å². The Labute approximate surface area is 187 Å². The van der Waals surface area contributed by atoms with Crippen molar-refractivity contribution >= 4 is 51.3 Å². The van der Waals surface area contributed by atoms with Gasteiger partial charge in [-0.3, -0.25) is 19.9 Å². The molecule has 1 atom stereocenters. The summed E-state index contributed by atoms with van der Waals surface area (Å²) in [5.74, 6) is -0.107. The number of carbonyl (C=O) groups excluding carboxylic acids is 1. The summed E-state index contributed by atoms with van der Waals surface area (Å²) >= 11 is 2.26. The van der Waals surface area contributed by atoms with Crippen LogP contribution in [-0.4, -0.2) is 16.5 Å². The smallest absolute Gasteiger partial charge is 0.269 e. The maximum atomic E-state index is 12.7. The highest BCUT2D eigenvalue weighted by atomic mass is 127. The number of hydrogen-bond donors (Lipinski definition) is 0. The fourth-order valence-corrected chi connectivity index (χ4v) is 4.05. The van der Waals surface area contributed by atoms with Gasteiger partial charge in [0.05, 0.1) is 28.1 Å². The molecule has 0 radical (unpaired) electrons. The summed E-state index contributed by atoms with van der Waals surface area (Å²) in [6.45, 7) is 1.53. The number of halogens is 1. The minimum absolute atomic E-state index is 0.0219. The lowest BCUT2D eigenvalue weighted by atomic mass is 9.95. The summed E-state index contributed by atoms with van der Waals surface area (Å²) < 4.78 is 1.13. The Balaban J connectivity index is 1.86. The van der Waals surface area contributed by atoms with E-state index in [-0.39, 0.29) is 17.6 Å². The quantitative estimate of drug-likeness (QED) is 0.253. The lowest BCUT2D eigenvalue weighted by molar-refractivity contribution is -0.384. The molecule has 3 aromatic carbocycles. The second kappa shape index (κ2) is 8.35. The summed E-state index contributed by atoms with van der Waals surface area (Å²) in [4.78, 5) is 30.0. The fourth-order valence-electron chi connectivity index (χ4n) is 3.69. The van der Waals surface area contributed by atoms with Gasteiger partial charge in [-0.05, 0) is 58.0 Å². The van der Waals surface area contributed by atoms with E-state index in [0.29, 0.717) is 6.42 Å². The first-order valence-electron chi connectivity index (χ1n) is 9.41. The second-order valence-corrected chi connectivity index (χ2v) is 8.26. The first-order chi connectivity index (χ1) is 14.4. The molecule has 1 unspecified atom stereocenters. The van der Waals surface area contributed by atoms with Crippen LogP contribution in [0, 0.1) is 13.7 Å². The first-order valence-corrected chi connectivity index (χ1v) is 10.5. The molecule has 4 rings (SSSR count). The molecule has 0 saturated carbocycles. The largest absolute Gasteiger partial charge is 0.303 e. The highest BCUT2D eigenvalue weighted by Gasteiger charge is 2.31. The van der Waals surface area contributed by atoms with Crippen LogP contribution in [0.2, 0.25) is 0 Å². The molecule has 7 heteroatoms. The number of hydrogen-bond acceptors (Lipinski definition) is 4. The Morgan fingerprint density at radius 1 is 1.07 bits per heavy atom. The molecule has 1 aliphatic heterocycles. The van der Waals surface area contributed by atoms with Crippen LogP contribution in [-0.2, 0) is 4.79 Å². The maximum absolute atomic E-state index is 12.7. The van der Waals surface area contributed by atoms with Crippen molar-refractivity contribution in [3.63, 3.8) is 0 Å². The molecule has 0 fully saturated rings. The SMILES string of the molecule is CC(=O)N1c2ccccc2N=C(c2ccc(I)cc2)CC1c1ccc([N+](=O)[O-])cc1. The summed E-state index contributed by atoms with van der Waals surface area (Å²) in [5.41, 5.74) is 4.16. The van der Waals surface area contributed by atoms with E-state index < -0.39 is 4.92 Å². The van der Waals surface area contributed by atoms with Crippen molar-refractivity contribution in [2.75, 3.05) is 4.90 Å². The van der Waals surface area contributed by atoms with Crippen LogP contribution in [0.3, 0.4) is 0 Å². The van der Waals surface area contributed by atoms with Gasteiger partial charge in [-0.25, -0.2) is 0 Å². The van der Waals surface area contributed by atoms with Crippen LogP contribution < -0.4 is 4.90 Å². The lowest BCUT2D eigenvalue weighted by Gasteiger charge is -2.30. The van der Waals surface area contributed by atoms with Crippen LogP contribution in [0.1, 0.15) is 30.5 Å². The van der Waals surface area contributed by atoms with Gasteiger partial charge >= 0.3 is 0 Å². The molecule has 0 aliphatic carbocycles. The number of carbonyl (C=O) groups is 1. The maximum Gasteiger partial charge on any atom is 0.269 e. The number of nitro benzene ring substituents is 1. The van der Waals surface area contributed by atoms with Crippen molar-refractivity contribution in [2.24, 2.45) is 4.99 Å². The third-order valence-electron chi connectivity index (χ3n) is 5.10. The van der Waals surface area contributed by atoms with Gasteiger partial charge in [0.2, 0.25) is 5.91 Å². The fraction of sp³-hybridized carbons (Fsp3) is 0.130. The van der Waals surface area contributed by atoms with E-state index in [1.165, 1.54) is 19.1 Å². The minimum Gasteiger partial charge on any atom is -0.303 e. The predicted molar refractivity (Wildman–Crippen MR) is 125 cm³/mol.